The van der Waals surface area contributed by atoms with E-state index in [1.54, 1.807) is 0 Å². The van der Waals surface area contributed by atoms with Crippen molar-refractivity contribution in [3.63, 3.8) is 0 Å². The number of rotatable bonds is 4. The molecule has 0 amide bonds. The van der Waals surface area contributed by atoms with E-state index < -0.39 is 21.9 Å². The molecule has 2 rings (SSSR count). The van der Waals surface area contributed by atoms with Gasteiger partial charge in [0, 0.05) is 0 Å². The Balaban J connectivity index is 2.02. The predicted octanol–water partition coefficient (Wildman–Crippen LogP) is 1.95. The zero-order valence-electron chi connectivity index (χ0n) is 10.4. The number of halogens is 3. The van der Waals surface area contributed by atoms with E-state index >= 15 is 0 Å². The van der Waals surface area contributed by atoms with Crippen LogP contribution < -0.4 is 10.5 Å². The Kier molecular flexibility index (Phi) is 3.92. The summed E-state index contributed by atoms with van der Waals surface area (Å²) in [6.07, 6.45) is -3.48. The molecular formula is C11H10F3N3O3S. The van der Waals surface area contributed by atoms with E-state index in [2.05, 4.69) is 10.3 Å². The summed E-state index contributed by atoms with van der Waals surface area (Å²) < 4.78 is 63.9. The molecule has 0 aliphatic carbocycles. The fraction of sp³-hybridized carbons (Fsp3) is 0.182. The van der Waals surface area contributed by atoms with Crippen LogP contribution in [0.2, 0.25) is 0 Å². The first kappa shape index (κ1) is 15.3. The van der Waals surface area contributed by atoms with Crippen molar-refractivity contribution in [3.05, 3.63) is 41.9 Å². The van der Waals surface area contributed by atoms with Gasteiger partial charge in [-0.2, -0.15) is 13.2 Å². The van der Waals surface area contributed by atoms with Crippen LogP contribution in [-0.4, -0.2) is 13.4 Å². The molecule has 0 spiro atoms. The number of aromatic nitrogens is 1. The van der Waals surface area contributed by atoms with Gasteiger partial charge in [0.25, 0.3) is 10.0 Å². The van der Waals surface area contributed by atoms with Crippen molar-refractivity contribution in [3.8, 4) is 0 Å². The van der Waals surface area contributed by atoms with Gasteiger partial charge in [-0.3, -0.25) is 0 Å². The monoisotopic (exact) mass is 321 g/mol. The second-order valence-electron chi connectivity index (χ2n) is 4.05. The van der Waals surface area contributed by atoms with Crippen LogP contribution in [0.5, 0.6) is 0 Å². The number of pyridine rings is 1. The molecule has 0 radical (unpaired) electrons. The number of nitrogens with zero attached hydrogens (tertiary/aromatic N) is 1. The summed E-state index contributed by atoms with van der Waals surface area (Å²) in [4.78, 5) is 3.27. The Hall–Kier alpha value is -2.07. The molecule has 2 aromatic heterocycles. The molecule has 0 saturated heterocycles. The van der Waals surface area contributed by atoms with E-state index in [0.29, 0.717) is 5.69 Å². The van der Waals surface area contributed by atoms with Gasteiger partial charge in [-0.1, -0.05) is 0 Å². The highest BCUT2D eigenvalue weighted by Gasteiger charge is 2.31. The zero-order valence-corrected chi connectivity index (χ0v) is 11.2. The Morgan fingerprint density at radius 3 is 2.43 bits per heavy atom. The molecule has 3 N–H and O–H groups in total. The summed E-state index contributed by atoms with van der Waals surface area (Å²) in [6.45, 7) is 0.0720. The molecule has 0 unspecified atom stereocenters. The molecule has 0 aliphatic heterocycles. The van der Waals surface area contributed by atoms with Crippen LogP contribution in [-0.2, 0) is 22.7 Å². The molecule has 21 heavy (non-hydrogen) atoms. The molecule has 0 aliphatic rings. The standard InChI is InChI=1S/C11H10F3N3O3S/c12-11(13,14)9-3-1-7(5-17-9)16-6-8-2-4-10(20-8)21(15,18)19/h1-5,16H,6H2,(H2,15,18,19). The summed E-state index contributed by atoms with van der Waals surface area (Å²) in [7, 11) is -3.92. The predicted molar refractivity (Wildman–Crippen MR) is 66.6 cm³/mol. The van der Waals surface area contributed by atoms with Crippen LogP contribution in [0.1, 0.15) is 11.5 Å². The maximum absolute atomic E-state index is 12.3. The molecule has 114 valence electrons. The van der Waals surface area contributed by atoms with Crippen molar-refractivity contribution in [1.29, 1.82) is 0 Å². The van der Waals surface area contributed by atoms with Crippen LogP contribution in [0, 0.1) is 0 Å². The van der Waals surface area contributed by atoms with Crippen LogP contribution in [0.25, 0.3) is 0 Å². The number of hydrogen-bond acceptors (Lipinski definition) is 5. The largest absolute Gasteiger partial charge is 0.446 e. The van der Waals surface area contributed by atoms with Crippen molar-refractivity contribution >= 4 is 15.7 Å². The third kappa shape index (κ3) is 3.95. The number of nitrogens with two attached hydrogens (primary N) is 1. The van der Waals surface area contributed by atoms with E-state index in [0.717, 1.165) is 12.3 Å². The number of furan rings is 1. The first-order chi connectivity index (χ1) is 9.66. The summed E-state index contributed by atoms with van der Waals surface area (Å²) in [5.74, 6) is 0.263. The second-order valence-corrected chi connectivity index (χ2v) is 5.54. The Labute approximate surface area is 117 Å². The molecule has 0 aromatic carbocycles. The highest BCUT2D eigenvalue weighted by Crippen LogP contribution is 2.27. The fourth-order valence-electron chi connectivity index (χ4n) is 1.46. The number of hydrogen-bond donors (Lipinski definition) is 2. The molecule has 6 nitrogen and oxygen atoms in total. The normalized spacial score (nSPS) is 12.4. The lowest BCUT2D eigenvalue weighted by Crippen LogP contribution is -2.10. The van der Waals surface area contributed by atoms with E-state index in [1.807, 2.05) is 0 Å². The second kappa shape index (κ2) is 5.37. The van der Waals surface area contributed by atoms with Crippen LogP contribution >= 0.6 is 0 Å². The lowest BCUT2D eigenvalue weighted by Gasteiger charge is -2.07. The van der Waals surface area contributed by atoms with Gasteiger partial charge in [0.1, 0.15) is 11.5 Å². The summed E-state index contributed by atoms with van der Waals surface area (Å²) in [5.41, 5.74) is -0.667. The van der Waals surface area contributed by atoms with Gasteiger partial charge in [0.05, 0.1) is 18.4 Å². The van der Waals surface area contributed by atoms with Crippen molar-refractivity contribution in [2.45, 2.75) is 17.8 Å². The molecule has 2 aromatic rings. The van der Waals surface area contributed by atoms with Crippen molar-refractivity contribution < 1.29 is 26.0 Å². The van der Waals surface area contributed by atoms with Crippen LogP contribution in [0.15, 0.2) is 40.0 Å². The van der Waals surface area contributed by atoms with Gasteiger partial charge in [-0.05, 0) is 24.3 Å². The van der Waals surface area contributed by atoms with Crippen molar-refractivity contribution in [2.24, 2.45) is 5.14 Å². The maximum Gasteiger partial charge on any atom is 0.433 e. The number of alkyl halides is 3. The highest BCUT2D eigenvalue weighted by molar-refractivity contribution is 7.89. The van der Waals surface area contributed by atoms with Gasteiger partial charge < -0.3 is 9.73 Å². The van der Waals surface area contributed by atoms with E-state index in [-0.39, 0.29) is 17.4 Å². The molecule has 0 bridgehead atoms. The van der Waals surface area contributed by atoms with Gasteiger partial charge in [-0.15, -0.1) is 0 Å². The summed E-state index contributed by atoms with van der Waals surface area (Å²) in [5, 5.41) is 7.24. The smallest absolute Gasteiger partial charge is 0.433 e. The van der Waals surface area contributed by atoms with E-state index in [1.165, 1.54) is 18.2 Å². The van der Waals surface area contributed by atoms with Gasteiger partial charge in [-0.25, -0.2) is 18.5 Å². The maximum atomic E-state index is 12.3. The minimum atomic E-state index is -4.50. The topological polar surface area (TPSA) is 98.2 Å². The molecule has 10 heteroatoms. The third-order valence-corrected chi connectivity index (χ3v) is 3.22. The fourth-order valence-corrected chi connectivity index (χ4v) is 1.94. The summed E-state index contributed by atoms with van der Waals surface area (Å²) >= 11 is 0. The SMILES string of the molecule is NS(=O)(=O)c1ccc(CNc2ccc(C(F)(F)F)nc2)o1. The Morgan fingerprint density at radius 2 is 1.95 bits per heavy atom. The third-order valence-electron chi connectivity index (χ3n) is 2.44. The number of primary sulfonamides is 1. The lowest BCUT2D eigenvalue weighted by atomic mass is 10.3. The van der Waals surface area contributed by atoms with Gasteiger partial charge >= 0.3 is 6.18 Å². The quantitative estimate of drug-likeness (QED) is 0.897. The number of sulfonamides is 1. The number of anilines is 1. The highest BCUT2D eigenvalue weighted by atomic mass is 32.2. The first-order valence-corrected chi connectivity index (χ1v) is 7.09. The van der Waals surface area contributed by atoms with Crippen molar-refractivity contribution in [1.82, 2.24) is 4.98 Å². The van der Waals surface area contributed by atoms with Crippen molar-refractivity contribution in [2.75, 3.05) is 5.32 Å². The molecule has 0 fully saturated rings. The van der Waals surface area contributed by atoms with E-state index in [4.69, 9.17) is 9.56 Å². The van der Waals surface area contributed by atoms with Crippen LogP contribution in [0.4, 0.5) is 18.9 Å². The molecule has 2 heterocycles. The zero-order chi connectivity index (χ0) is 15.7. The Morgan fingerprint density at radius 1 is 1.24 bits per heavy atom. The average molecular weight is 321 g/mol. The molecule has 0 atom stereocenters. The molecular weight excluding hydrogens is 311 g/mol. The number of nitrogens with one attached hydrogen (secondary N) is 1. The summed E-state index contributed by atoms with van der Waals surface area (Å²) in [6, 6.07) is 4.63. The average Bonchev–Trinajstić information content (AvgIpc) is 2.84. The molecule has 0 saturated carbocycles. The van der Waals surface area contributed by atoms with Gasteiger partial charge in [0.2, 0.25) is 5.09 Å². The minimum Gasteiger partial charge on any atom is -0.446 e. The lowest BCUT2D eigenvalue weighted by molar-refractivity contribution is -0.141. The minimum absolute atomic E-state index is 0.0720. The first-order valence-electron chi connectivity index (χ1n) is 5.55. The Bertz CT molecular complexity index is 723. The van der Waals surface area contributed by atoms with Gasteiger partial charge in [0.15, 0.2) is 0 Å². The van der Waals surface area contributed by atoms with Crippen LogP contribution in [0.3, 0.4) is 0 Å². The van der Waals surface area contributed by atoms with E-state index in [9.17, 15) is 21.6 Å².